The van der Waals surface area contributed by atoms with Gasteiger partial charge in [-0.1, -0.05) is 13.0 Å². The van der Waals surface area contributed by atoms with Crippen LogP contribution in [-0.2, 0) is 6.54 Å². The summed E-state index contributed by atoms with van der Waals surface area (Å²) in [6, 6.07) is 5.63. The first-order valence-corrected chi connectivity index (χ1v) is 9.19. The van der Waals surface area contributed by atoms with E-state index in [2.05, 4.69) is 32.0 Å². The first-order chi connectivity index (χ1) is 13.2. The predicted octanol–water partition coefficient (Wildman–Crippen LogP) is 1.28. The van der Waals surface area contributed by atoms with E-state index < -0.39 is 0 Å². The predicted molar refractivity (Wildman–Crippen MR) is 100 cm³/mol. The molecule has 8 heteroatoms. The summed E-state index contributed by atoms with van der Waals surface area (Å²) in [4.78, 5) is 25.7. The number of nitrogens with one attached hydrogen (secondary N) is 1. The highest BCUT2D eigenvalue weighted by Crippen LogP contribution is 2.32. The summed E-state index contributed by atoms with van der Waals surface area (Å²) in [5, 5.41) is 2.88. The topological polar surface area (TPSA) is 79.8 Å². The molecule has 0 radical (unpaired) electrons. The monoisotopic (exact) mass is 369 g/mol. The second-order valence-electron chi connectivity index (χ2n) is 6.56. The lowest BCUT2D eigenvalue weighted by Crippen LogP contribution is -2.46. The minimum atomic E-state index is -0.199. The van der Waals surface area contributed by atoms with Crippen LogP contribution in [0.1, 0.15) is 22.8 Å². The van der Waals surface area contributed by atoms with Crippen LogP contribution < -0.4 is 19.7 Å². The number of piperazine rings is 1. The molecule has 8 nitrogen and oxygen atoms in total. The van der Waals surface area contributed by atoms with Crippen LogP contribution in [0.25, 0.3) is 0 Å². The van der Waals surface area contributed by atoms with E-state index in [9.17, 15) is 4.79 Å². The summed E-state index contributed by atoms with van der Waals surface area (Å²) in [6.07, 6.45) is 3.17. The standard InChI is InChI=1S/C19H23N5O3/c1-2-23-5-7-24(8-6-23)19-21-11-15(12-22-19)18(25)20-10-14-3-4-16-17(9-14)27-13-26-16/h3-4,9,11-12H,2,5-8,10,13H2,1H3,(H,20,25). The van der Waals surface area contributed by atoms with Crippen molar-refractivity contribution in [2.75, 3.05) is 44.4 Å². The fraction of sp³-hybridized carbons (Fsp3) is 0.421. The summed E-state index contributed by atoms with van der Waals surface area (Å²) in [7, 11) is 0. The summed E-state index contributed by atoms with van der Waals surface area (Å²) in [5.74, 6) is 1.92. The van der Waals surface area contributed by atoms with Crippen LogP contribution >= 0.6 is 0 Å². The molecular formula is C19H23N5O3. The number of benzene rings is 1. The summed E-state index contributed by atoms with van der Waals surface area (Å²) in [6.45, 7) is 7.71. The first-order valence-electron chi connectivity index (χ1n) is 9.19. The van der Waals surface area contributed by atoms with Crippen molar-refractivity contribution in [1.29, 1.82) is 0 Å². The van der Waals surface area contributed by atoms with Gasteiger partial charge in [-0.2, -0.15) is 0 Å². The molecule has 142 valence electrons. The van der Waals surface area contributed by atoms with Crippen molar-refractivity contribution >= 4 is 11.9 Å². The number of carbonyl (C=O) groups is 1. The van der Waals surface area contributed by atoms with Gasteiger partial charge in [-0.05, 0) is 24.2 Å². The number of aromatic nitrogens is 2. The molecule has 27 heavy (non-hydrogen) atoms. The number of amides is 1. The lowest BCUT2D eigenvalue weighted by atomic mass is 10.2. The Morgan fingerprint density at radius 2 is 1.85 bits per heavy atom. The lowest BCUT2D eigenvalue weighted by Gasteiger charge is -2.33. The van der Waals surface area contributed by atoms with E-state index in [-0.39, 0.29) is 12.7 Å². The van der Waals surface area contributed by atoms with Gasteiger partial charge in [0.1, 0.15) is 0 Å². The molecule has 2 aromatic rings. The van der Waals surface area contributed by atoms with Crippen molar-refractivity contribution in [3.8, 4) is 11.5 Å². The van der Waals surface area contributed by atoms with Gasteiger partial charge in [0.2, 0.25) is 12.7 Å². The Bertz CT molecular complexity index is 803. The van der Waals surface area contributed by atoms with Gasteiger partial charge in [0.15, 0.2) is 11.5 Å². The smallest absolute Gasteiger partial charge is 0.254 e. The molecule has 2 aliphatic heterocycles. The zero-order valence-corrected chi connectivity index (χ0v) is 15.4. The van der Waals surface area contributed by atoms with Crippen molar-refractivity contribution in [2.24, 2.45) is 0 Å². The Kier molecular flexibility index (Phi) is 5.06. The third kappa shape index (κ3) is 3.95. The molecule has 4 rings (SSSR count). The molecule has 2 aliphatic rings. The average molecular weight is 369 g/mol. The van der Waals surface area contributed by atoms with Gasteiger partial charge in [-0.3, -0.25) is 4.79 Å². The number of rotatable bonds is 5. The third-order valence-corrected chi connectivity index (χ3v) is 4.89. The van der Waals surface area contributed by atoms with E-state index in [0.717, 1.165) is 44.0 Å². The summed E-state index contributed by atoms with van der Waals surface area (Å²) >= 11 is 0. The van der Waals surface area contributed by atoms with Gasteiger partial charge in [-0.15, -0.1) is 0 Å². The molecule has 0 spiro atoms. The van der Waals surface area contributed by atoms with Gasteiger partial charge in [-0.25, -0.2) is 9.97 Å². The van der Waals surface area contributed by atoms with Crippen LogP contribution in [0, 0.1) is 0 Å². The van der Waals surface area contributed by atoms with Crippen LogP contribution in [0.4, 0.5) is 5.95 Å². The molecule has 0 unspecified atom stereocenters. The molecule has 1 fully saturated rings. The maximum Gasteiger partial charge on any atom is 0.254 e. The number of hydrogen-bond donors (Lipinski definition) is 1. The lowest BCUT2D eigenvalue weighted by molar-refractivity contribution is 0.0950. The second kappa shape index (κ2) is 7.79. The van der Waals surface area contributed by atoms with Gasteiger partial charge >= 0.3 is 0 Å². The number of likely N-dealkylation sites (N-methyl/N-ethyl adjacent to an activating group) is 1. The Morgan fingerprint density at radius 3 is 2.59 bits per heavy atom. The van der Waals surface area contributed by atoms with Crippen LogP contribution in [0.2, 0.25) is 0 Å². The molecule has 1 saturated heterocycles. The maximum atomic E-state index is 12.4. The number of carbonyl (C=O) groups excluding carboxylic acids is 1. The second-order valence-corrected chi connectivity index (χ2v) is 6.56. The summed E-state index contributed by atoms with van der Waals surface area (Å²) < 4.78 is 10.6. The van der Waals surface area contributed by atoms with Gasteiger partial charge in [0, 0.05) is 45.1 Å². The number of hydrogen-bond acceptors (Lipinski definition) is 7. The fourth-order valence-electron chi connectivity index (χ4n) is 3.20. The van der Waals surface area contributed by atoms with Crippen LogP contribution in [0.3, 0.4) is 0 Å². The number of nitrogens with zero attached hydrogens (tertiary/aromatic N) is 4. The van der Waals surface area contributed by atoms with Gasteiger partial charge < -0.3 is 24.6 Å². The Hall–Kier alpha value is -2.87. The Balaban J connectivity index is 1.32. The Morgan fingerprint density at radius 1 is 1.11 bits per heavy atom. The van der Waals surface area contributed by atoms with Crippen molar-refractivity contribution in [2.45, 2.75) is 13.5 Å². The fourth-order valence-corrected chi connectivity index (χ4v) is 3.20. The number of fused-ring (bicyclic) bond motifs is 1. The van der Waals surface area contributed by atoms with Crippen molar-refractivity contribution < 1.29 is 14.3 Å². The SMILES string of the molecule is CCN1CCN(c2ncc(C(=O)NCc3ccc4c(c3)OCO4)cn2)CC1. The van der Waals surface area contributed by atoms with Gasteiger partial charge in [0.05, 0.1) is 5.56 Å². The molecular weight excluding hydrogens is 346 g/mol. The number of ether oxygens (including phenoxy) is 2. The highest BCUT2D eigenvalue weighted by molar-refractivity contribution is 5.93. The third-order valence-electron chi connectivity index (χ3n) is 4.89. The maximum absolute atomic E-state index is 12.4. The van der Waals surface area contributed by atoms with E-state index in [1.165, 1.54) is 0 Å². The van der Waals surface area contributed by atoms with E-state index in [4.69, 9.17) is 9.47 Å². The van der Waals surface area contributed by atoms with Crippen LogP contribution in [0.15, 0.2) is 30.6 Å². The van der Waals surface area contributed by atoms with Crippen molar-refractivity contribution in [3.63, 3.8) is 0 Å². The largest absolute Gasteiger partial charge is 0.454 e. The molecule has 0 saturated carbocycles. The summed E-state index contributed by atoms with van der Waals surface area (Å²) in [5.41, 5.74) is 1.39. The van der Waals surface area contributed by atoms with E-state index in [0.29, 0.717) is 23.8 Å². The van der Waals surface area contributed by atoms with Crippen molar-refractivity contribution in [3.05, 3.63) is 41.7 Å². The highest BCUT2D eigenvalue weighted by atomic mass is 16.7. The quantitative estimate of drug-likeness (QED) is 0.850. The molecule has 0 aliphatic carbocycles. The molecule has 1 amide bonds. The van der Waals surface area contributed by atoms with Crippen LogP contribution in [-0.4, -0.2) is 60.3 Å². The zero-order valence-electron chi connectivity index (χ0n) is 15.4. The minimum Gasteiger partial charge on any atom is -0.454 e. The van der Waals surface area contributed by atoms with Crippen molar-refractivity contribution in [1.82, 2.24) is 20.2 Å². The molecule has 3 heterocycles. The molecule has 1 aromatic heterocycles. The van der Waals surface area contributed by atoms with Gasteiger partial charge in [0.25, 0.3) is 5.91 Å². The van der Waals surface area contributed by atoms with E-state index >= 15 is 0 Å². The zero-order chi connectivity index (χ0) is 18.6. The normalized spacial score (nSPS) is 16.4. The Labute approximate surface area is 158 Å². The minimum absolute atomic E-state index is 0.199. The number of anilines is 1. The van der Waals surface area contributed by atoms with E-state index in [1.54, 1.807) is 12.4 Å². The highest BCUT2D eigenvalue weighted by Gasteiger charge is 2.18. The molecule has 1 aromatic carbocycles. The van der Waals surface area contributed by atoms with E-state index in [1.807, 2.05) is 18.2 Å². The molecule has 1 N–H and O–H groups in total. The molecule has 0 atom stereocenters. The average Bonchev–Trinajstić information content (AvgIpc) is 3.20. The molecule has 0 bridgehead atoms. The van der Waals surface area contributed by atoms with Crippen LogP contribution in [0.5, 0.6) is 11.5 Å². The first kappa shape index (κ1) is 17.5.